The normalized spacial score (nSPS) is 9.67. The van der Waals surface area contributed by atoms with Crippen LogP contribution in [0.4, 0.5) is 0 Å². The van der Waals surface area contributed by atoms with Gasteiger partial charge in [0.2, 0.25) is 0 Å². The van der Waals surface area contributed by atoms with E-state index < -0.39 is 10.7 Å². The van der Waals surface area contributed by atoms with Gasteiger partial charge >= 0.3 is 0 Å². The molecule has 0 aliphatic rings. The summed E-state index contributed by atoms with van der Waals surface area (Å²) in [5.41, 5.74) is 0. The van der Waals surface area contributed by atoms with E-state index in [0.29, 0.717) is 0 Å². The third-order valence-electron chi connectivity index (χ3n) is 0.241. The Labute approximate surface area is 38.3 Å². The van der Waals surface area contributed by atoms with Gasteiger partial charge in [0, 0.05) is 7.05 Å². The summed E-state index contributed by atoms with van der Waals surface area (Å²) >= 11 is 0. The van der Waals surface area contributed by atoms with E-state index in [9.17, 15) is 8.42 Å². The topological polar surface area (TPSA) is 46.2 Å². The first-order valence-corrected chi connectivity index (χ1v) is 2.75. The van der Waals surface area contributed by atoms with Gasteiger partial charge in [-0.25, -0.2) is 8.42 Å². The Kier molecular flexibility index (Phi) is 3.07. The highest BCUT2D eigenvalue weighted by molar-refractivity contribution is 7.72. The highest BCUT2D eigenvalue weighted by Crippen LogP contribution is 1.50. The quantitative estimate of drug-likeness (QED) is 0.443. The van der Waals surface area contributed by atoms with Gasteiger partial charge in [0.1, 0.15) is 0 Å². The lowest BCUT2D eigenvalue weighted by Gasteiger charge is -1.78. The van der Waals surface area contributed by atoms with Gasteiger partial charge in [0.05, 0.1) is 5.88 Å². The lowest BCUT2D eigenvalue weighted by atomic mass is 11.3. The molecule has 0 aromatic heterocycles. The fourth-order valence-corrected chi connectivity index (χ4v) is 0.274. The Morgan fingerprint density at radius 2 is 2.17 bits per heavy atom. The predicted molar refractivity (Wildman–Crippen MR) is 23.7 cm³/mol. The second-order valence-corrected chi connectivity index (χ2v) is 1.72. The Balaban J connectivity index is 3.07. The van der Waals surface area contributed by atoms with Crippen LogP contribution in [0.25, 0.3) is 0 Å². The molecule has 0 heterocycles. The molecule has 0 aromatic carbocycles. The van der Waals surface area contributed by atoms with E-state index in [1.54, 1.807) is 0 Å². The lowest BCUT2D eigenvalue weighted by molar-refractivity contribution is 0.611. The van der Waals surface area contributed by atoms with Gasteiger partial charge in [-0.05, 0) is 0 Å². The first-order chi connectivity index (χ1) is 2.77. The van der Waals surface area contributed by atoms with E-state index in [2.05, 4.69) is 12.4 Å². The van der Waals surface area contributed by atoms with Crippen LogP contribution in [-0.2, 0) is 10.7 Å². The fraction of sp³-hybridized carbons (Fsp3) is 0.500. The van der Waals surface area contributed by atoms with Crippen LogP contribution in [0.5, 0.6) is 0 Å². The Morgan fingerprint density at radius 1 is 1.67 bits per heavy atom. The van der Waals surface area contributed by atoms with Crippen LogP contribution in [0.1, 0.15) is 0 Å². The van der Waals surface area contributed by atoms with Crippen molar-refractivity contribution in [3.05, 3.63) is 7.05 Å². The van der Waals surface area contributed by atoms with Crippen LogP contribution in [0.2, 0.25) is 0 Å². The molecule has 1 N–H and O–H groups in total. The molecule has 0 saturated carbocycles. The van der Waals surface area contributed by atoms with Crippen molar-refractivity contribution < 1.29 is 8.42 Å². The summed E-state index contributed by atoms with van der Waals surface area (Å²) in [7, 11) is 0.818. The van der Waals surface area contributed by atoms with Crippen molar-refractivity contribution in [2.24, 2.45) is 0 Å². The van der Waals surface area contributed by atoms with Crippen LogP contribution in [0.15, 0.2) is 0 Å². The average molecular weight is 108 g/mol. The molecule has 37 valence electrons. The molecule has 0 atom stereocenters. The molecule has 4 heteroatoms. The number of hydrogen-bond donors (Lipinski definition) is 2. The van der Waals surface area contributed by atoms with Gasteiger partial charge in [-0.1, -0.05) is 0 Å². The molecule has 0 spiro atoms. The molecule has 0 rings (SSSR count). The Morgan fingerprint density at radius 3 is 2.17 bits per heavy atom. The summed E-state index contributed by atoms with van der Waals surface area (Å²) in [4.78, 5) is 0. The zero-order valence-corrected chi connectivity index (χ0v) is 4.07. The molecule has 1 radical (unpaired) electrons. The first-order valence-electron chi connectivity index (χ1n) is 1.39. The SMILES string of the molecule is [CH2]NC[SH](=O)=O. The minimum atomic E-state index is -2.27. The monoisotopic (exact) mass is 108 g/mol. The average Bonchev–Trinajstić information content (AvgIpc) is 1.35. The van der Waals surface area contributed by atoms with Crippen molar-refractivity contribution in [2.45, 2.75) is 0 Å². The maximum absolute atomic E-state index is 9.53. The smallest absolute Gasteiger partial charge is 0.153 e. The molecule has 3 nitrogen and oxygen atoms in total. The first kappa shape index (κ1) is 5.91. The van der Waals surface area contributed by atoms with Crippen LogP contribution >= 0.6 is 0 Å². The molecule has 0 aliphatic heterocycles. The maximum atomic E-state index is 9.53. The zero-order valence-electron chi connectivity index (χ0n) is 3.18. The van der Waals surface area contributed by atoms with Crippen LogP contribution in [-0.4, -0.2) is 14.3 Å². The highest BCUT2D eigenvalue weighted by atomic mass is 32.2. The molecule has 0 aliphatic carbocycles. The number of nitrogens with one attached hydrogen (secondary N) is 1. The summed E-state index contributed by atoms with van der Waals surface area (Å²) < 4.78 is 19.1. The summed E-state index contributed by atoms with van der Waals surface area (Å²) in [5.74, 6) is -0.0324. The van der Waals surface area contributed by atoms with E-state index in [4.69, 9.17) is 0 Å². The predicted octanol–water partition coefficient (Wildman–Crippen LogP) is -1.06. The van der Waals surface area contributed by atoms with Crippen LogP contribution in [0.3, 0.4) is 0 Å². The van der Waals surface area contributed by atoms with Gasteiger partial charge in [-0.2, -0.15) is 0 Å². The molecule has 0 aromatic rings. The van der Waals surface area contributed by atoms with Gasteiger partial charge < -0.3 is 5.32 Å². The third-order valence-corrected chi connectivity index (χ3v) is 0.723. The summed E-state index contributed by atoms with van der Waals surface area (Å²) in [6.45, 7) is 0. The maximum Gasteiger partial charge on any atom is 0.153 e. The molecule has 0 fully saturated rings. The van der Waals surface area contributed by atoms with Crippen molar-refractivity contribution >= 4 is 10.7 Å². The molecule has 0 bridgehead atoms. The van der Waals surface area contributed by atoms with Crippen LogP contribution in [0, 0.1) is 7.05 Å². The van der Waals surface area contributed by atoms with Crippen molar-refractivity contribution in [1.82, 2.24) is 5.32 Å². The fourth-order valence-electron chi connectivity index (χ4n) is 0.0913. The second-order valence-electron chi connectivity index (χ2n) is 0.741. The van der Waals surface area contributed by atoms with Gasteiger partial charge in [0.25, 0.3) is 0 Å². The Bertz CT molecular complexity index is 79.5. The number of hydrogen-bond acceptors (Lipinski definition) is 3. The molecule has 6 heavy (non-hydrogen) atoms. The standard InChI is InChI=1S/C2H6NO2S/c1-3-2-6(4)5/h3,6H,1-2H2. The largest absolute Gasteiger partial charge is 0.303 e. The van der Waals surface area contributed by atoms with Crippen LogP contribution < -0.4 is 5.32 Å². The van der Waals surface area contributed by atoms with Gasteiger partial charge in [-0.3, -0.25) is 0 Å². The zero-order chi connectivity index (χ0) is 4.99. The van der Waals surface area contributed by atoms with E-state index in [1.807, 2.05) is 0 Å². The Hall–Kier alpha value is -0.0900. The van der Waals surface area contributed by atoms with E-state index >= 15 is 0 Å². The minimum absolute atomic E-state index is 0.0324. The van der Waals surface area contributed by atoms with E-state index in [-0.39, 0.29) is 5.88 Å². The second kappa shape index (κ2) is 3.11. The lowest BCUT2D eigenvalue weighted by Crippen LogP contribution is -2.04. The van der Waals surface area contributed by atoms with E-state index in [1.165, 1.54) is 0 Å². The van der Waals surface area contributed by atoms with Crippen molar-refractivity contribution in [2.75, 3.05) is 5.88 Å². The summed E-state index contributed by atoms with van der Waals surface area (Å²) in [5, 5.41) is 2.22. The van der Waals surface area contributed by atoms with Gasteiger partial charge in [-0.15, -0.1) is 0 Å². The highest BCUT2D eigenvalue weighted by Gasteiger charge is 1.73. The molecule has 0 saturated heterocycles. The van der Waals surface area contributed by atoms with Gasteiger partial charge in [0.15, 0.2) is 10.7 Å². The molecule has 0 unspecified atom stereocenters. The summed E-state index contributed by atoms with van der Waals surface area (Å²) in [6.07, 6.45) is 0. The molecular weight excluding hydrogens is 102 g/mol. The summed E-state index contributed by atoms with van der Waals surface area (Å²) in [6, 6.07) is 0. The third kappa shape index (κ3) is 3.91. The number of thiol groups is 1. The number of rotatable bonds is 2. The van der Waals surface area contributed by atoms with E-state index in [0.717, 1.165) is 0 Å². The van der Waals surface area contributed by atoms with Crippen molar-refractivity contribution in [3.8, 4) is 0 Å². The molecular formula is C2H6NO2S. The molecule has 0 amide bonds. The van der Waals surface area contributed by atoms with Crippen molar-refractivity contribution in [1.29, 1.82) is 0 Å². The minimum Gasteiger partial charge on any atom is -0.303 e. The van der Waals surface area contributed by atoms with Crippen molar-refractivity contribution in [3.63, 3.8) is 0 Å².